The van der Waals surface area contributed by atoms with Gasteiger partial charge in [0.2, 0.25) is 0 Å². The molecule has 126 valence electrons. The summed E-state index contributed by atoms with van der Waals surface area (Å²) in [5.74, 6) is -0.298. The van der Waals surface area contributed by atoms with Crippen molar-refractivity contribution in [1.29, 1.82) is 0 Å². The lowest BCUT2D eigenvalue weighted by Crippen LogP contribution is -2.00. The highest BCUT2D eigenvalue weighted by Gasteiger charge is 2.19. The molecule has 0 amide bonds. The van der Waals surface area contributed by atoms with E-state index in [-0.39, 0.29) is 5.97 Å². The summed E-state index contributed by atoms with van der Waals surface area (Å²) in [4.78, 5) is 15.5. The second-order valence-corrected chi connectivity index (χ2v) is 6.47. The smallest absolute Gasteiger partial charge is 0.337 e. The van der Waals surface area contributed by atoms with Crippen LogP contribution in [0.3, 0.4) is 0 Å². The zero-order valence-electron chi connectivity index (χ0n) is 14.3. The molecule has 0 aliphatic heterocycles. The number of benzene rings is 2. The number of aromatic nitrogens is 1. The van der Waals surface area contributed by atoms with Crippen LogP contribution in [0, 0.1) is 0 Å². The Morgan fingerprint density at radius 1 is 1.08 bits per heavy atom. The van der Waals surface area contributed by atoms with Crippen molar-refractivity contribution in [2.45, 2.75) is 25.7 Å². The monoisotopic (exact) mass is 331 g/mol. The first-order valence-electron chi connectivity index (χ1n) is 8.77. The van der Waals surface area contributed by atoms with Gasteiger partial charge in [-0.25, -0.2) is 4.79 Å². The predicted octanol–water partition coefficient (Wildman–Crippen LogP) is 5.58. The third-order valence-electron chi connectivity index (χ3n) is 4.89. The van der Waals surface area contributed by atoms with Gasteiger partial charge in [-0.3, -0.25) is 0 Å². The van der Waals surface area contributed by atoms with Crippen molar-refractivity contribution in [1.82, 2.24) is 4.98 Å². The number of fused-ring (bicyclic) bond motifs is 1. The number of allylic oxidation sites excluding steroid dienone is 2. The van der Waals surface area contributed by atoms with Crippen molar-refractivity contribution in [2.24, 2.45) is 0 Å². The summed E-state index contributed by atoms with van der Waals surface area (Å²) in [6.45, 7) is 0. The highest BCUT2D eigenvalue weighted by molar-refractivity contribution is 6.03. The average molecular weight is 331 g/mol. The maximum Gasteiger partial charge on any atom is 0.337 e. The van der Waals surface area contributed by atoms with Crippen LogP contribution in [0.15, 0.2) is 54.6 Å². The number of methoxy groups -OCH3 is 1. The van der Waals surface area contributed by atoms with Gasteiger partial charge in [-0.05, 0) is 55.0 Å². The highest BCUT2D eigenvalue weighted by Crippen LogP contribution is 2.39. The zero-order valence-corrected chi connectivity index (χ0v) is 14.3. The molecule has 25 heavy (non-hydrogen) atoms. The Morgan fingerprint density at radius 3 is 2.64 bits per heavy atom. The third kappa shape index (κ3) is 2.86. The SMILES string of the molecule is COC(=O)c1ccc2[nH]c(-c3ccccc3)c(C3=CCCCC3)c2c1. The van der Waals surface area contributed by atoms with Crippen molar-refractivity contribution in [3.8, 4) is 11.3 Å². The lowest BCUT2D eigenvalue weighted by Gasteiger charge is -2.14. The summed E-state index contributed by atoms with van der Waals surface area (Å²) in [6.07, 6.45) is 7.01. The Morgan fingerprint density at radius 2 is 1.92 bits per heavy atom. The molecule has 0 unspecified atom stereocenters. The van der Waals surface area contributed by atoms with Gasteiger partial charge in [0.15, 0.2) is 0 Å². The average Bonchev–Trinajstić information content (AvgIpc) is 3.07. The van der Waals surface area contributed by atoms with Gasteiger partial charge in [-0.15, -0.1) is 0 Å². The van der Waals surface area contributed by atoms with Crippen molar-refractivity contribution >= 4 is 22.4 Å². The van der Waals surface area contributed by atoms with Gasteiger partial charge in [-0.2, -0.15) is 0 Å². The summed E-state index contributed by atoms with van der Waals surface area (Å²) in [5.41, 5.74) is 6.54. The number of hydrogen-bond acceptors (Lipinski definition) is 2. The molecule has 1 N–H and O–H groups in total. The fraction of sp³-hybridized carbons (Fsp3) is 0.227. The van der Waals surface area contributed by atoms with Crippen LogP contribution >= 0.6 is 0 Å². The molecule has 2 aromatic carbocycles. The lowest BCUT2D eigenvalue weighted by atomic mass is 9.90. The van der Waals surface area contributed by atoms with Gasteiger partial charge >= 0.3 is 5.97 Å². The van der Waals surface area contributed by atoms with E-state index in [1.165, 1.54) is 36.7 Å². The molecular weight excluding hydrogens is 310 g/mol. The van der Waals surface area contributed by atoms with Gasteiger partial charge in [0.25, 0.3) is 0 Å². The van der Waals surface area contributed by atoms with Crippen LogP contribution in [0.5, 0.6) is 0 Å². The van der Waals surface area contributed by atoms with Crippen molar-refractivity contribution < 1.29 is 9.53 Å². The molecule has 4 rings (SSSR count). The molecule has 0 radical (unpaired) electrons. The third-order valence-corrected chi connectivity index (χ3v) is 4.89. The number of hydrogen-bond donors (Lipinski definition) is 1. The first-order valence-corrected chi connectivity index (χ1v) is 8.77. The number of rotatable bonds is 3. The molecule has 0 atom stereocenters. The second-order valence-electron chi connectivity index (χ2n) is 6.47. The molecule has 0 fully saturated rings. The van der Waals surface area contributed by atoms with E-state index in [4.69, 9.17) is 4.74 Å². The standard InChI is InChI=1S/C22H21NO2/c1-25-22(24)17-12-13-19-18(14-17)20(15-8-4-2-5-9-15)21(23-19)16-10-6-3-7-11-16/h3,6-8,10-14,23H,2,4-5,9H2,1H3. The summed E-state index contributed by atoms with van der Waals surface area (Å²) >= 11 is 0. The van der Waals surface area contributed by atoms with Gasteiger partial charge in [0.1, 0.15) is 0 Å². The second kappa shape index (κ2) is 6.60. The van der Waals surface area contributed by atoms with Gasteiger partial charge in [0, 0.05) is 16.5 Å². The molecule has 0 bridgehead atoms. The van der Waals surface area contributed by atoms with Crippen LogP contribution in [0.4, 0.5) is 0 Å². The molecule has 1 aliphatic rings. The number of H-pyrrole nitrogens is 1. The van der Waals surface area contributed by atoms with Crippen LogP contribution in [-0.2, 0) is 4.74 Å². The lowest BCUT2D eigenvalue weighted by molar-refractivity contribution is 0.0601. The maximum atomic E-state index is 12.0. The van der Waals surface area contributed by atoms with Crippen LogP contribution < -0.4 is 0 Å². The van der Waals surface area contributed by atoms with Crippen molar-refractivity contribution in [3.63, 3.8) is 0 Å². The highest BCUT2D eigenvalue weighted by atomic mass is 16.5. The Balaban J connectivity index is 1.98. The Labute approximate surface area is 147 Å². The molecule has 0 saturated heterocycles. The van der Waals surface area contributed by atoms with Gasteiger partial charge in [-0.1, -0.05) is 36.4 Å². The number of carbonyl (C=O) groups is 1. The maximum absolute atomic E-state index is 12.0. The Bertz CT molecular complexity index is 951. The van der Waals surface area contributed by atoms with E-state index in [1.54, 1.807) is 0 Å². The molecule has 3 nitrogen and oxygen atoms in total. The molecule has 3 heteroatoms. The van der Waals surface area contributed by atoms with Crippen LogP contribution in [0.25, 0.3) is 27.7 Å². The van der Waals surface area contributed by atoms with Gasteiger partial charge in [0.05, 0.1) is 18.4 Å². The molecule has 3 aromatic rings. The minimum Gasteiger partial charge on any atom is -0.465 e. The quantitative estimate of drug-likeness (QED) is 0.637. The first-order chi connectivity index (χ1) is 12.3. The van der Waals surface area contributed by atoms with Crippen molar-refractivity contribution in [2.75, 3.05) is 7.11 Å². The fourth-order valence-electron chi connectivity index (χ4n) is 3.66. The molecule has 1 heterocycles. The topological polar surface area (TPSA) is 42.1 Å². The number of esters is 1. The normalized spacial score (nSPS) is 14.4. The first kappa shape index (κ1) is 15.7. The molecule has 1 aliphatic carbocycles. The zero-order chi connectivity index (χ0) is 17.2. The van der Waals surface area contributed by atoms with Crippen LogP contribution in [0.2, 0.25) is 0 Å². The predicted molar refractivity (Wildman–Crippen MR) is 102 cm³/mol. The number of carbonyl (C=O) groups excluding carboxylic acids is 1. The Hall–Kier alpha value is -2.81. The Kier molecular flexibility index (Phi) is 4.14. The number of nitrogens with one attached hydrogen (secondary N) is 1. The number of ether oxygens (including phenoxy) is 1. The summed E-state index contributed by atoms with van der Waals surface area (Å²) in [7, 11) is 1.42. The largest absolute Gasteiger partial charge is 0.465 e. The van der Waals surface area contributed by atoms with E-state index >= 15 is 0 Å². The minimum absolute atomic E-state index is 0.298. The fourth-order valence-corrected chi connectivity index (χ4v) is 3.66. The number of aromatic amines is 1. The molecule has 0 spiro atoms. The van der Waals surface area contributed by atoms with E-state index in [1.807, 2.05) is 24.3 Å². The van der Waals surface area contributed by atoms with Gasteiger partial charge < -0.3 is 9.72 Å². The summed E-state index contributed by atoms with van der Waals surface area (Å²) < 4.78 is 4.90. The van der Waals surface area contributed by atoms with E-state index in [9.17, 15) is 4.79 Å². The van der Waals surface area contributed by atoms with E-state index in [2.05, 4.69) is 35.3 Å². The van der Waals surface area contributed by atoms with E-state index in [0.29, 0.717) is 5.56 Å². The molecule has 0 saturated carbocycles. The van der Waals surface area contributed by atoms with Crippen LogP contribution in [0.1, 0.15) is 41.6 Å². The van der Waals surface area contributed by atoms with E-state index < -0.39 is 0 Å². The summed E-state index contributed by atoms with van der Waals surface area (Å²) in [5, 5.41) is 1.09. The molecular formula is C22H21NO2. The minimum atomic E-state index is -0.298. The van der Waals surface area contributed by atoms with Crippen LogP contribution in [-0.4, -0.2) is 18.1 Å². The molecule has 1 aromatic heterocycles. The summed E-state index contributed by atoms with van der Waals surface area (Å²) in [6, 6.07) is 16.1. The van der Waals surface area contributed by atoms with E-state index in [0.717, 1.165) is 29.4 Å². The van der Waals surface area contributed by atoms with Crippen molar-refractivity contribution in [3.05, 3.63) is 65.7 Å².